The summed E-state index contributed by atoms with van der Waals surface area (Å²) < 4.78 is 1.83. The topological polar surface area (TPSA) is 88.9 Å². The maximum absolute atomic E-state index is 12.0. The fourth-order valence-electron chi connectivity index (χ4n) is 2.09. The third kappa shape index (κ3) is 4.70. The van der Waals surface area contributed by atoms with Crippen molar-refractivity contribution in [1.82, 2.24) is 20.1 Å². The van der Waals surface area contributed by atoms with Gasteiger partial charge in [0.2, 0.25) is 5.91 Å². The first-order chi connectivity index (χ1) is 12.5. The van der Waals surface area contributed by atoms with Gasteiger partial charge < -0.3 is 15.2 Å². The molecular formula is C17H17N5O2S2. The Bertz CT molecular complexity index is 917. The molecule has 2 heterocycles. The number of anilines is 1. The Morgan fingerprint density at radius 3 is 2.58 bits per heavy atom. The summed E-state index contributed by atoms with van der Waals surface area (Å²) in [5.74, 6) is -0.519. The number of carbonyl (C=O) groups is 2. The highest BCUT2D eigenvalue weighted by Crippen LogP contribution is 2.26. The van der Waals surface area contributed by atoms with Crippen molar-refractivity contribution in [2.45, 2.75) is 17.0 Å². The molecule has 2 aromatic heterocycles. The van der Waals surface area contributed by atoms with E-state index in [2.05, 4.69) is 20.8 Å². The van der Waals surface area contributed by atoms with Crippen LogP contribution in [0.25, 0.3) is 0 Å². The number of thiophene rings is 1. The molecule has 2 amide bonds. The lowest BCUT2D eigenvalue weighted by Gasteiger charge is -2.07. The molecule has 0 aliphatic heterocycles. The first-order valence-corrected chi connectivity index (χ1v) is 9.41. The molecule has 0 spiro atoms. The van der Waals surface area contributed by atoms with E-state index < -0.39 is 0 Å². The summed E-state index contributed by atoms with van der Waals surface area (Å²) in [5, 5.41) is 14.0. The van der Waals surface area contributed by atoms with E-state index in [-0.39, 0.29) is 18.4 Å². The molecule has 7 nitrogen and oxygen atoms in total. The first kappa shape index (κ1) is 18.2. The smallest absolute Gasteiger partial charge is 0.261 e. The van der Waals surface area contributed by atoms with Crippen molar-refractivity contribution < 1.29 is 9.59 Å². The number of hydrogen-bond donors (Lipinski definition) is 2. The highest BCUT2D eigenvalue weighted by atomic mass is 32.2. The average molecular weight is 387 g/mol. The SMILES string of the molecule is Cc1ccc(C(=O)NCC(=O)Nc2ccc(Sc3nncn3C)cc2)s1. The fraction of sp³-hybridized carbons (Fsp3) is 0.176. The Hall–Kier alpha value is -2.65. The maximum Gasteiger partial charge on any atom is 0.261 e. The second kappa shape index (κ2) is 8.15. The van der Waals surface area contributed by atoms with Gasteiger partial charge in [-0.3, -0.25) is 9.59 Å². The van der Waals surface area contributed by atoms with Gasteiger partial charge in [0.15, 0.2) is 5.16 Å². The van der Waals surface area contributed by atoms with Crippen LogP contribution in [0.5, 0.6) is 0 Å². The van der Waals surface area contributed by atoms with E-state index in [1.54, 1.807) is 24.5 Å². The van der Waals surface area contributed by atoms with Crippen LogP contribution in [0.4, 0.5) is 5.69 Å². The van der Waals surface area contributed by atoms with Crippen LogP contribution in [-0.4, -0.2) is 33.1 Å². The summed E-state index contributed by atoms with van der Waals surface area (Å²) in [4.78, 5) is 26.6. The van der Waals surface area contributed by atoms with Crippen LogP contribution in [0.2, 0.25) is 0 Å². The maximum atomic E-state index is 12.0. The highest BCUT2D eigenvalue weighted by Gasteiger charge is 2.10. The van der Waals surface area contributed by atoms with Gasteiger partial charge >= 0.3 is 0 Å². The zero-order valence-corrected chi connectivity index (χ0v) is 15.9. The van der Waals surface area contributed by atoms with E-state index in [1.807, 2.05) is 36.7 Å². The highest BCUT2D eigenvalue weighted by molar-refractivity contribution is 7.99. The van der Waals surface area contributed by atoms with Gasteiger partial charge in [-0.25, -0.2) is 0 Å². The Balaban J connectivity index is 1.49. The van der Waals surface area contributed by atoms with Crippen molar-refractivity contribution in [3.63, 3.8) is 0 Å². The van der Waals surface area contributed by atoms with Crippen LogP contribution >= 0.6 is 23.1 Å². The normalized spacial score (nSPS) is 10.5. The van der Waals surface area contributed by atoms with Crippen LogP contribution in [-0.2, 0) is 11.8 Å². The molecule has 3 rings (SSSR count). The summed E-state index contributed by atoms with van der Waals surface area (Å²) in [6.07, 6.45) is 1.64. The number of carbonyl (C=O) groups excluding carboxylic acids is 2. The standard InChI is InChI=1S/C17H17N5O2S2/c1-11-3-8-14(25-11)16(24)18-9-15(23)20-12-4-6-13(7-5-12)26-17-21-19-10-22(17)2/h3-8,10H,9H2,1-2H3,(H,18,24)(H,20,23). The fourth-order valence-corrected chi connectivity index (χ4v) is 3.63. The lowest BCUT2D eigenvalue weighted by molar-refractivity contribution is -0.115. The zero-order chi connectivity index (χ0) is 18.5. The van der Waals surface area contributed by atoms with Gasteiger partial charge in [-0.15, -0.1) is 21.5 Å². The minimum atomic E-state index is -0.277. The molecule has 0 aliphatic carbocycles. The van der Waals surface area contributed by atoms with E-state index in [4.69, 9.17) is 0 Å². The van der Waals surface area contributed by atoms with Crippen molar-refractivity contribution >= 4 is 40.6 Å². The first-order valence-electron chi connectivity index (χ1n) is 7.77. The summed E-state index contributed by atoms with van der Waals surface area (Å²) in [6.45, 7) is 1.85. The Kier molecular flexibility index (Phi) is 5.69. The van der Waals surface area contributed by atoms with Gasteiger partial charge in [0.05, 0.1) is 11.4 Å². The summed E-state index contributed by atoms with van der Waals surface area (Å²) in [5.41, 5.74) is 0.665. The molecule has 2 N–H and O–H groups in total. The third-order valence-electron chi connectivity index (χ3n) is 3.39. The minimum absolute atomic E-state index is 0.0782. The van der Waals surface area contributed by atoms with Gasteiger partial charge in [0, 0.05) is 22.5 Å². The van der Waals surface area contributed by atoms with E-state index in [0.717, 1.165) is 14.9 Å². The largest absolute Gasteiger partial charge is 0.342 e. The predicted molar refractivity (Wildman–Crippen MR) is 102 cm³/mol. The van der Waals surface area contributed by atoms with Gasteiger partial charge in [0.25, 0.3) is 5.91 Å². The Morgan fingerprint density at radius 2 is 1.96 bits per heavy atom. The van der Waals surface area contributed by atoms with Crippen molar-refractivity contribution in [2.24, 2.45) is 7.05 Å². The number of rotatable bonds is 6. The Labute approximate surface area is 158 Å². The van der Waals surface area contributed by atoms with E-state index in [1.165, 1.54) is 23.1 Å². The lowest BCUT2D eigenvalue weighted by atomic mass is 10.3. The second-order valence-electron chi connectivity index (χ2n) is 5.49. The number of nitrogens with zero attached hydrogens (tertiary/aromatic N) is 3. The molecular weight excluding hydrogens is 370 g/mol. The van der Waals surface area contributed by atoms with Crippen LogP contribution < -0.4 is 10.6 Å². The lowest BCUT2D eigenvalue weighted by Crippen LogP contribution is -2.32. The number of benzene rings is 1. The molecule has 9 heteroatoms. The molecule has 26 heavy (non-hydrogen) atoms. The molecule has 0 unspecified atom stereocenters. The van der Waals surface area contributed by atoms with Gasteiger partial charge in [-0.2, -0.15) is 0 Å². The number of amides is 2. The predicted octanol–water partition coefficient (Wildman–Crippen LogP) is 2.70. The number of nitrogens with one attached hydrogen (secondary N) is 2. The van der Waals surface area contributed by atoms with Crippen LogP contribution in [0.15, 0.2) is 52.8 Å². The molecule has 0 aliphatic rings. The van der Waals surface area contributed by atoms with Crippen LogP contribution in [0, 0.1) is 6.92 Å². The minimum Gasteiger partial charge on any atom is -0.342 e. The van der Waals surface area contributed by atoms with E-state index in [9.17, 15) is 9.59 Å². The zero-order valence-electron chi connectivity index (χ0n) is 14.2. The molecule has 3 aromatic rings. The molecule has 0 fully saturated rings. The second-order valence-corrected chi connectivity index (χ2v) is 7.82. The summed E-state index contributed by atoms with van der Waals surface area (Å²) >= 11 is 2.88. The molecule has 134 valence electrons. The number of aromatic nitrogens is 3. The number of aryl methyl sites for hydroxylation is 2. The van der Waals surface area contributed by atoms with E-state index >= 15 is 0 Å². The van der Waals surface area contributed by atoms with Crippen molar-refractivity contribution in [3.05, 3.63) is 52.5 Å². The summed E-state index contributed by atoms with van der Waals surface area (Å²) in [6, 6.07) is 11.0. The molecule has 0 atom stereocenters. The Morgan fingerprint density at radius 1 is 1.19 bits per heavy atom. The number of hydrogen-bond acceptors (Lipinski definition) is 6. The monoisotopic (exact) mass is 387 g/mol. The average Bonchev–Trinajstić information content (AvgIpc) is 3.23. The van der Waals surface area contributed by atoms with Gasteiger partial charge in [0.1, 0.15) is 6.33 Å². The van der Waals surface area contributed by atoms with E-state index in [0.29, 0.717) is 10.6 Å². The van der Waals surface area contributed by atoms with Crippen LogP contribution in [0.3, 0.4) is 0 Å². The molecule has 0 radical (unpaired) electrons. The van der Waals surface area contributed by atoms with Gasteiger partial charge in [-0.1, -0.05) is 0 Å². The van der Waals surface area contributed by atoms with Crippen molar-refractivity contribution in [2.75, 3.05) is 11.9 Å². The molecule has 0 bridgehead atoms. The molecule has 0 saturated heterocycles. The van der Waals surface area contributed by atoms with Gasteiger partial charge in [-0.05, 0) is 55.1 Å². The third-order valence-corrected chi connectivity index (χ3v) is 5.45. The molecule has 0 saturated carbocycles. The molecule has 1 aromatic carbocycles. The van der Waals surface area contributed by atoms with Crippen molar-refractivity contribution in [3.8, 4) is 0 Å². The van der Waals surface area contributed by atoms with Crippen molar-refractivity contribution in [1.29, 1.82) is 0 Å². The van der Waals surface area contributed by atoms with Crippen LogP contribution in [0.1, 0.15) is 14.5 Å². The summed E-state index contributed by atoms with van der Waals surface area (Å²) in [7, 11) is 1.88. The quantitative estimate of drug-likeness (QED) is 0.679.